The molecule has 0 radical (unpaired) electrons. The lowest BCUT2D eigenvalue weighted by Crippen LogP contribution is -2.76. The van der Waals surface area contributed by atoms with Gasteiger partial charge in [-0.1, -0.05) is 54.6 Å². The van der Waals surface area contributed by atoms with Gasteiger partial charge in [-0.3, -0.25) is 9.59 Å². The summed E-state index contributed by atoms with van der Waals surface area (Å²) in [7, 11) is 0. The number of halogens is 2. The number of hydrogen-bond donors (Lipinski definition) is 2. The molecule has 4 amide bonds. The third kappa shape index (κ3) is 6.21. The molecular formula is C32H33F2N5O4. The van der Waals surface area contributed by atoms with Gasteiger partial charge in [0.15, 0.2) is 0 Å². The van der Waals surface area contributed by atoms with Crippen molar-refractivity contribution in [2.75, 3.05) is 19.6 Å². The standard InChI is InChI=1S/C32H33F2N5O4/c1-3-15-36-20-30(41)38-28(16-22-9-12-25(40)13-10-22)31(42)37(21(2)26-14-11-24(33)17-27(26)34)19-29(38)39(36)32(43)35-18-23-7-5-4-6-8-23/h3-14,17,21,28-29,40H,1,15-16,18-20H2,2H3,(H,35,43)/t21-,28+,29+/m1/s1. The van der Waals surface area contributed by atoms with Gasteiger partial charge >= 0.3 is 6.03 Å². The van der Waals surface area contributed by atoms with E-state index in [1.807, 2.05) is 30.3 Å². The Morgan fingerprint density at radius 1 is 1.07 bits per heavy atom. The van der Waals surface area contributed by atoms with Crippen LogP contribution in [0.3, 0.4) is 0 Å². The number of nitrogens with zero attached hydrogens (tertiary/aromatic N) is 4. The molecule has 0 aliphatic carbocycles. The van der Waals surface area contributed by atoms with E-state index in [1.165, 1.54) is 33.0 Å². The van der Waals surface area contributed by atoms with E-state index in [0.717, 1.165) is 17.7 Å². The van der Waals surface area contributed by atoms with Gasteiger partial charge in [0.25, 0.3) is 0 Å². The van der Waals surface area contributed by atoms with Crippen LogP contribution in [0.4, 0.5) is 13.6 Å². The smallest absolute Gasteiger partial charge is 0.334 e. The number of nitrogens with one attached hydrogen (secondary N) is 1. The summed E-state index contributed by atoms with van der Waals surface area (Å²) in [6.07, 6.45) is 0.747. The molecule has 0 spiro atoms. The number of hydrazine groups is 1. The SMILES string of the molecule is C=CCN1CC(=O)N2[C@@H](Cc3ccc(O)cc3)C(=O)N([C@H](C)c3ccc(F)cc3F)C[C@@H]2N1C(=O)NCc1ccccc1. The van der Waals surface area contributed by atoms with Crippen molar-refractivity contribution in [3.63, 3.8) is 0 Å². The Hall–Kier alpha value is -4.77. The van der Waals surface area contributed by atoms with E-state index in [4.69, 9.17) is 0 Å². The Morgan fingerprint density at radius 3 is 2.47 bits per heavy atom. The first-order valence-corrected chi connectivity index (χ1v) is 14.0. The molecule has 3 atom stereocenters. The van der Waals surface area contributed by atoms with Crippen molar-refractivity contribution in [2.24, 2.45) is 0 Å². The van der Waals surface area contributed by atoms with Crippen LogP contribution in [0.25, 0.3) is 0 Å². The number of fused-ring (bicyclic) bond motifs is 1. The van der Waals surface area contributed by atoms with Gasteiger partial charge < -0.3 is 20.2 Å². The quantitative estimate of drug-likeness (QED) is 0.388. The Balaban J connectivity index is 1.53. The number of hydrogen-bond acceptors (Lipinski definition) is 5. The molecule has 2 fully saturated rings. The van der Waals surface area contributed by atoms with Crippen molar-refractivity contribution in [1.29, 1.82) is 0 Å². The maximum Gasteiger partial charge on any atom is 0.334 e. The average molecular weight is 590 g/mol. The number of benzene rings is 3. The zero-order chi connectivity index (χ0) is 30.7. The summed E-state index contributed by atoms with van der Waals surface area (Å²) < 4.78 is 28.7. The van der Waals surface area contributed by atoms with Crippen LogP contribution < -0.4 is 5.32 Å². The lowest BCUT2D eigenvalue weighted by atomic mass is 9.96. The number of amides is 4. The Bertz CT molecular complexity index is 1500. The van der Waals surface area contributed by atoms with Crippen molar-refractivity contribution in [3.05, 3.63) is 114 Å². The molecule has 2 N–H and O–H groups in total. The van der Waals surface area contributed by atoms with Crippen molar-refractivity contribution in [3.8, 4) is 5.75 Å². The lowest BCUT2D eigenvalue weighted by Gasteiger charge is -2.56. The minimum atomic E-state index is -1.03. The molecule has 3 aromatic rings. The van der Waals surface area contributed by atoms with E-state index < -0.39 is 41.8 Å². The molecule has 43 heavy (non-hydrogen) atoms. The van der Waals surface area contributed by atoms with Crippen LogP contribution in [0.2, 0.25) is 0 Å². The number of piperazine rings is 1. The largest absolute Gasteiger partial charge is 0.508 e. The molecule has 0 saturated carbocycles. The molecule has 2 aliphatic heterocycles. The van der Waals surface area contributed by atoms with Crippen LogP contribution in [0, 0.1) is 11.6 Å². The lowest BCUT2D eigenvalue weighted by molar-refractivity contribution is -0.191. The van der Waals surface area contributed by atoms with E-state index in [1.54, 1.807) is 30.1 Å². The average Bonchev–Trinajstić information content (AvgIpc) is 2.98. The molecular weight excluding hydrogens is 556 g/mol. The van der Waals surface area contributed by atoms with Gasteiger partial charge in [-0.05, 0) is 36.2 Å². The molecule has 224 valence electrons. The van der Waals surface area contributed by atoms with E-state index >= 15 is 0 Å². The summed E-state index contributed by atoms with van der Waals surface area (Å²) in [4.78, 5) is 44.5. The summed E-state index contributed by atoms with van der Waals surface area (Å²) >= 11 is 0. The normalized spacial score (nSPS) is 19.7. The fourth-order valence-corrected chi connectivity index (χ4v) is 5.73. The Labute approximate surface area is 248 Å². The second-order valence-corrected chi connectivity index (χ2v) is 10.6. The van der Waals surface area contributed by atoms with Gasteiger partial charge in [0.2, 0.25) is 11.8 Å². The molecule has 2 saturated heterocycles. The van der Waals surface area contributed by atoms with Crippen LogP contribution in [-0.2, 0) is 22.6 Å². The highest BCUT2D eigenvalue weighted by atomic mass is 19.1. The highest BCUT2D eigenvalue weighted by molar-refractivity contribution is 5.92. The van der Waals surface area contributed by atoms with Gasteiger partial charge in [0.05, 0.1) is 19.1 Å². The topological polar surface area (TPSA) is 96.4 Å². The number of phenolic OH excluding ortho intramolecular Hbond substituents is 1. The summed E-state index contributed by atoms with van der Waals surface area (Å²) in [5.41, 5.74) is 1.66. The van der Waals surface area contributed by atoms with Crippen LogP contribution in [0.1, 0.15) is 29.7 Å². The maximum absolute atomic E-state index is 14.9. The minimum absolute atomic E-state index is 0.0500. The molecule has 0 aromatic heterocycles. The minimum Gasteiger partial charge on any atom is -0.508 e. The van der Waals surface area contributed by atoms with Gasteiger partial charge in [-0.15, -0.1) is 6.58 Å². The molecule has 3 aromatic carbocycles. The van der Waals surface area contributed by atoms with Gasteiger partial charge in [-0.25, -0.2) is 23.6 Å². The second-order valence-electron chi connectivity index (χ2n) is 10.6. The fourth-order valence-electron chi connectivity index (χ4n) is 5.73. The summed E-state index contributed by atoms with van der Waals surface area (Å²) in [5.74, 6) is -2.28. The van der Waals surface area contributed by atoms with E-state index in [-0.39, 0.29) is 49.8 Å². The van der Waals surface area contributed by atoms with E-state index in [0.29, 0.717) is 5.56 Å². The van der Waals surface area contributed by atoms with Crippen molar-refractivity contribution in [1.82, 2.24) is 25.1 Å². The Kier molecular flexibility index (Phi) is 8.72. The van der Waals surface area contributed by atoms with E-state index in [2.05, 4.69) is 11.9 Å². The predicted octanol–water partition coefficient (Wildman–Crippen LogP) is 3.97. The van der Waals surface area contributed by atoms with Gasteiger partial charge in [-0.2, -0.15) is 0 Å². The number of phenols is 1. The Morgan fingerprint density at radius 2 is 1.79 bits per heavy atom. The number of urea groups is 1. The maximum atomic E-state index is 14.9. The molecule has 5 rings (SSSR count). The number of rotatable bonds is 8. The second kappa shape index (κ2) is 12.6. The highest BCUT2D eigenvalue weighted by Gasteiger charge is 2.52. The third-order valence-electron chi connectivity index (χ3n) is 7.86. The zero-order valence-corrected chi connectivity index (χ0v) is 23.7. The number of carbonyl (C=O) groups is 3. The zero-order valence-electron chi connectivity index (χ0n) is 23.7. The number of aromatic hydroxyl groups is 1. The predicted molar refractivity (Wildman–Crippen MR) is 155 cm³/mol. The first-order chi connectivity index (χ1) is 20.7. The first kappa shape index (κ1) is 29.7. The molecule has 0 bridgehead atoms. The molecule has 2 heterocycles. The van der Waals surface area contributed by atoms with Gasteiger partial charge in [0, 0.05) is 31.1 Å². The van der Waals surface area contributed by atoms with Crippen molar-refractivity contribution in [2.45, 2.75) is 38.1 Å². The van der Waals surface area contributed by atoms with Crippen LogP contribution in [-0.4, -0.2) is 74.6 Å². The molecule has 9 nitrogen and oxygen atoms in total. The summed E-state index contributed by atoms with van der Waals surface area (Å²) in [5, 5.41) is 15.7. The van der Waals surface area contributed by atoms with Crippen LogP contribution >= 0.6 is 0 Å². The fraction of sp³-hybridized carbons (Fsp3) is 0.281. The van der Waals surface area contributed by atoms with Gasteiger partial charge in [0.1, 0.15) is 29.6 Å². The number of carbonyl (C=O) groups excluding carboxylic acids is 3. The summed E-state index contributed by atoms with van der Waals surface area (Å²) in [6.45, 7) is 5.56. The summed E-state index contributed by atoms with van der Waals surface area (Å²) in [6, 6.07) is 16.5. The third-order valence-corrected chi connectivity index (χ3v) is 7.86. The van der Waals surface area contributed by atoms with Crippen LogP contribution in [0.5, 0.6) is 5.75 Å². The molecule has 2 aliphatic rings. The monoisotopic (exact) mass is 589 g/mol. The van der Waals surface area contributed by atoms with E-state index in [9.17, 15) is 28.3 Å². The molecule has 11 heteroatoms. The van der Waals surface area contributed by atoms with Crippen molar-refractivity contribution < 1.29 is 28.3 Å². The van der Waals surface area contributed by atoms with Crippen molar-refractivity contribution >= 4 is 17.8 Å². The van der Waals surface area contributed by atoms with Crippen LogP contribution in [0.15, 0.2) is 85.5 Å². The molecule has 0 unspecified atom stereocenters. The highest BCUT2D eigenvalue weighted by Crippen LogP contribution is 2.34. The first-order valence-electron chi connectivity index (χ1n) is 14.0.